The van der Waals surface area contributed by atoms with Crippen LogP contribution in [0, 0.1) is 11.8 Å². The second kappa shape index (κ2) is 5.62. The van der Waals surface area contributed by atoms with E-state index in [4.69, 9.17) is 5.11 Å². The second-order valence-electron chi connectivity index (χ2n) is 3.88. The lowest BCUT2D eigenvalue weighted by molar-refractivity contribution is -0.143. The predicted molar refractivity (Wildman–Crippen MR) is 53.9 cm³/mol. The highest BCUT2D eigenvalue weighted by molar-refractivity contribution is 5.84. The molecule has 1 amide bonds. The minimum Gasteiger partial charge on any atom is -0.480 e. The summed E-state index contributed by atoms with van der Waals surface area (Å²) < 4.78 is 0. The highest BCUT2D eigenvalue weighted by Gasteiger charge is 2.24. The highest BCUT2D eigenvalue weighted by atomic mass is 16.4. The van der Waals surface area contributed by atoms with E-state index in [1.54, 1.807) is 20.8 Å². The molecule has 0 bridgehead atoms. The van der Waals surface area contributed by atoms with Gasteiger partial charge < -0.3 is 10.4 Å². The van der Waals surface area contributed by atoms with Crippen LogP contribution in [0.1, 0.15) is 34.1 Å². The molecule has 0 aliphatic heterocycles. The third-order valence-corrected chi connectivity index (χ3v) is 2.29. The molecule has 0 aromatic rings. The van der Waals surface area contributed by atoms with Crippen LogP contribution in [0.5, 0.6) is 0 Å². The van der Waals surface area contributed by atoms with Crippen molar-refractivity contribution in [2.45, 2.75) is 40.2 Å². The van der Waals surface area contributed by atoms with Gasteiger partial charge in [0.15, 0.2) is 0 Å². The minimum atomic E-state index is -0.975. The van der Waals surface area contributed by atoms with Gasteiger partial charge >= 0.3 is 5.97 Å². The fraction of sp³-hybridized carbons (Fsp3) is 0.800. The Balaban J connectivity index is 4.31. The Kier molecular flexibility index (Phi) is 5.20. The maximum atomic E-state index is 11.4. The molecule has 0 aliphatic carbocycles. The smallest absolute Gasteiger partial charge is 0.326 e. The summed E-state index contributed by atoms with van der Waals surface area (Å²) in [7, 11) is 0. The molecule has 0 spiro atoms. The number of hydrogen-bond donors (Lipinski definition) is 2. The Morgan fingerprint density at radius 3 is 2.07 bits per heavy atom. The fourth-order valence-corrected chi connectivity index (χ4v) is 0.994. The molecule has 0 saturated heterocycles. The molecule has 0 rings (SSSR count). The van der Waals surface area contributed by atoms with Crippen molar-refractivity contribution >= 4 is 11.9 Å². The maximum Gasteiger partial charge on any atom is 0.326 e. The molecule has 0 radical (unpaired) electrons. The van der Waals surface area contributed by atoms with Crippen LogP contribution in [0.3, 0.4) is 0 Å². The van der Waals surface area contributed by atoms with Crippen LogP contribution in [-0.4, -0.2) is 23.0 Å². The Labute approximate surface area is 84.7 Å². The monoisotopic (exact) mass is 201 g/mol. The van der Waals surface area contributed by atoms with E-state index in [0.717, 1.165) is 6.42 Å². The summed E-state index contributed by atoms with van der Waals surface area (Å²) >= 11 is 0. The van der Waals surface area contributed by atoms with Crippen LogP contribution in [-0.2, 0) is 9.59 Å². The van der Waals surface area contributed by atoms with E-state index >= 15 is 0 Å². The van der Waals surface area contributed by atoms with Gasteiger partial charge in [-0.2, -0.15) is 0 Å². The number of hydrogen-bond acceptors (Lipinski definition) is 2. The Morgan fingerprint density at radius 2 is 1.79 bits per heavy atom. The molecule has 2 N–H and O–H groups in total. The van der Waals surface area contributed by atoms with Gasteiger partial charge in [-0.05, 0) is 12.3 Å². The Morgan fingerprint density at radius 1 is 1.29 bits per heavy atom. The van der Waals surface area contributed by atoms with E-state index in [1.165, 1.54) is 0 Å². The maximum absolute atomic E-state index is 11.4. The van der Waals surface area contributed by atoms with E-state index in [-0.39, 0.29) is 17.7 Å². The number of carboxylic acid groups (broad SMARTS) is 1. The van der Waals surface area contributed by atoms with Crippen molar-refractivity contribution in [3.8, 4) is 0 Å². The molecular formula is C10H19NO3. The molecule has 4 heteroatoms. The molecule has 0 aromatic carbocycles. The lowest BCUT2D eigenvalue weighted by atomic mass is 10.0. The Hall–Kier alpha value is -1.06. The van der Waals surface area contributed by atoms with Crippen molar-refractivity contribution in [3.05, 3.63) is 0 Å². The third-order valence-electron chi connectivity index (χ3n) is 2.29. The Bertz CT molecular complexity index is 213. The number of carbonyl (C=O) groups is 2. The quantitative estimate of drug-likeness (QED) is 0.703. The molecule has 82 valence electrons. The first kappa shape index (κ1) is 12.9. The van der Waals surface area contributed by atoms with E-state index in [9.17, 15) is 9.59 Å². The molecule has 0 saturated carbocycles. The second-order valence-corrected chi connectivity index (χ2v) is 3.88. The third kappa shape index (κ3) is 3.77. The molecule has 0 aliphatic rings. The number of rotatable bonds is 5. The van der Waals surface area contributed by atoms with Gasteiger partial charge in [-0.3, -0.25) is 4.79 Å². The van der Waals surface area contributed by atoms with E-state index in [1.807, 2.05) is 6.92 Å². The summed E-state index contributed by atoms with van der Waals surface area (Å²) in [5, 5.41) is 11.4. The predicted octanol–water partition coefficient (Wildman–Crippen LogP) is 1.26. The van der Waals surface area contributed by atoms with E-state index in [0.29, 0.717) is 0 Å². The number of carboxylic acids is 1. The van der Waals surface area contributed by atoms with Gasteiger partial charge in [0.25, 0.3) is 0 Å². The van der Waals surface area contributed by atoms with Crippen molar-refractivity contribution in [1.29, 1.82) is 0 Å². The minimum absolute atomic E-state index is 0.0968. The van der Waals surface area contributed by atoms with Gasteiger partial charge in [-0.1, -0.05) is 27.7 Å². The van der Waals surface area contributed by atoms with Crippen LogP contribution in [0.4, 0.5) is 0 Å². The van der Waals surface area contributed by atoms with Gasteiger partial charge in [-0.15, -0.1) is 0 Å². The molecule has 0 aromatic heterocycles. The number of carbonyl (C=O) groups excluding carboxylic acids is 1. The fourth-order valence-electron chi connectivity index (χ4n) is 0.994. The van der Waals surface area contributed by atoms with Crippen molar-refractivity contribution < 1.29 is 14.7 Å². The topological polar surface area (TPSA) is 66.4 Å². The standard InChI is InChI=1S/C10H19NO3/c1-5-7(4)9(12)11-8(6(2)3)10(13)14/h6-8H,5H2,1-4H3,(H,11,12)(H,13,14)/t7?,8-/m0/s1. The highest BCUT2D eigenvalue weighted by Crippen LogP contribution is 2.05. The van der Waals surface area contributed by atoms with Gasteiger partial charge in [0.1, 0.15) is 6.04 Å². The zero-order chi connectivity index (χ0) is 11.3. The lowest BCUT2D eigenvalue weighted by Gasteiger charge is -2.19. The van der Waals surface area contributed by atoms with Crippen LogP contribution >= 0.6 is 0 Å². The first-order valence-electron chi connectivity index (χ1n) is 4.93. The molecule has 1 unspecified atom stereocenters. The van der Waals surface area contributed by atoms with Gasteiger partial charge in [0.05, 0.1) is 0 Å². The summed E-state index contributed by atoms with van der Waals surface area (Å²) in [6.07, 6.45) is 0.719. The SMILES string of the molecule is CCC(C)C(=O)N[C@H](C(=O)O)C(C)C. The van der Waals surface area contributed by atoms with Gasteiger partial charge in [-0.25, -0.2) is 4.79 Å². The largest absolute Gasteiger partial charge is 0.480 e. The molecule has 0 fully saturated rings. The number of amides is 1. The summed E-state index contributed by atoms with van der Waals surface area (Å²) in [4.78, 5) is 22.2. The number of aliphatic carboxylic acids is 1. The van der Waals surface area contributed by atoms with Crippen molar-refractivity contribution in [3.63, 3.8) is 0 Å². The van der Waals surface area contributed by atoms with Gasteiger partial charge in [0, 0.05) is 5.92 Å². The van der Waals surface area contributed by atoms with Crippen LogP contribution in [0.15, 0.2) is 0 Å². The average Bonchev–Trinajstić information content (AvgIpc) is 2.11. The zero-order valence-corrected chi connectivity index (χ0v) is 9.20. The summed E-state index contributed by atoms with van der Waals surface area (Å²) in [5.41, 5.74) is 0. The lowest BCUT2D eigenvalue weighted by Crippen LogP contribution is -2.46. The zero-order valence-electron chi connectivity index (χ0n) is 9.20. The average molecular weight is 201 g/mol. The van der Waals surface area contributed by atoms with E-state index < -0.39 is 12.0 Å². The summed E-state index contributed by atoms with van der Waals surface area (Å²) in [5.74, 6) is -1.39. The first-order valence-corrected chi connectivity index (χ1v) is 4.93. The summed E-state index contributed by atoms with van der Waals surface area (Å²) in [6.45, 7) is 7.23. The molecule has 2 atom stereocenters. The van der Waals surface area contributed by atoms with Crippen molar-refractivity contribution in [2.24, 2.45) is 11.8 Å². The molecule has 0 heterocycles. The van der Waals surface area contributed by atoms with Gasteiger partial charge in [0.2, 0.25) is 5.91 Å². The van der Waals surface area contributed by atoms with Crippen molar-refractivity contribution in [2.75, 3.05) is 0 Å². The normalized spacial score (nSPS) is 14.9. The first-order chi connectivity index (χ1) is 6.40. The van der Waals surface area contributed by atoms with Crippen LogP contribution in [0.25, 0.3) is 0 Å². The molecule has 4 nitrogen and oxygen atoms in total. The molecule has 14 heavy (non-hydrogen) atoms. The number of nitrogens with one attached hydrogen (secondary N) is 1. The summed E-state index contributed by atoms with van der Waals surface area (Å²) in [6, 6.07) is -0.781. The van der Waals surface area contributed by atoms with E-state index in [2.05, 4.69) is 5.32 Å². The van der Waals surface area contributed by atoms with Crippen LogP contribution < -0.4 is 5.32 Å². The van der Waals surface area contributed by atoms with Crippen molar-refractivity contribution in [1.82, 2.24) is 5.32 Å². The molecular weight excluding hydrogens is 182 g/mol. The van der Waals surface area contributed by atoms with Crippen LogP contribution in [0.2, 0.25) is 0 Å².